The van der Waals surface area contributed by atoms with Crippen LogP contribution in [0, 0.1) is 0 Å². The Hall–Kier alpha value is -1.42. The Bertz CT molecular complexity index is 697. The molecule has 0 aromatic heterocycles. The molecule has 1 rings (SSSR count). The number of aromatic hydroxyl groups is 1. The molecular formula is C13H20N2O5S2. The highest BCUT2D eigenvalue weighted by Gasteiger charge is 2.27. The first-order chi connectivity index (χ1) is 10.1. The van der Waals surface area contributed by atoms with E-state index in [9.17, 15) is 17.7 Å². The van der Waals surface area contributed by atoms with Gasteiger partial charge in [-0.15, -0.1) is 0 Å². The number of nitrogens with one attached hydrogen (secondary N) is 1. The Morgan fingerprint density at radius 3 is 2.32 bits per heavy atom. The fraction of sp³-hybridized carbons (Fsp3) is 0.385. The van der Waals surface area contributed by atoms with Crippen LogP contribution >= 0.6 is 0 Å². The fourth-order valence-electron chi connectivity index (χ4n) is 1.99. The first-order valence-corrected chi connectivity index (χ1v) is 9.10. The van der Waals surface area contributed by atoms with Crippen LogP contribution in [0.4, 0.5) is 5.69 Å². The first kappa shape index (κ1) is 18.6. The van der Waals surface area contributed by atoms with E-state index in [2.05, 4.69) is 11.3 Å². The second kappa shape index (κ2) is 7.23. The van der Waals surface area contributed by atoms with Gasteiger partial charge in [0.1, 0.15) is 10.6 Å². The van der Waals surface area contributed by atoms with E-state index < -0.39 is 27.0 Å². The van der Waals surface area contributed by atoms with Crippen LogP contribution in [0.15, 0.2) is 23.6 Å². The van der Waals surface area contributed by atoms with Crippen molar-refractivity contribution in [3.05, 3.63) is 24.3 Å². The van der Waals surface area contributed by atoms with Gasteiger partial charge in [0.15, 0.2) is 0 Å². The Kier molecular flexibility index (Phi) is 6.12. The van der Waals surface area contributed by atoms with E-state index in [0.717, 1.165) is 6.07 Å². The zero-order valence-corrected chi connectivity index (χ0v) is 14.3. The van der Waals surface area contributed by atoms with Crippen LogP contribution < -0.4 is 4.72 Å². The fourth-order valence-corrected chi connectivity index (χ4v) is 3.90. The predicted octanol–water partition coefficient (Wildman–Crippen LogP) is 2.00. The van der Waals surface area contributed by atoms with Crippen molar-refractivity contribution < 1.29 is 22.3 Å². The number of sulfonamides is 1. The minimum Gasteiger partial charge on any atom is -0.506 e. The van der Waals surface area contributed by atoms with Crippen molar-refractivity contribution in [3.63, 3.8) is 0 Å². The summed E-state index contributed by atoms with van der Waals surface area (Å²) in [5, 5.41) is 10.3. The van der Waals surface area contributed by atoms with Gasteiger partial charge in [-0.25, -0.2) is 12.6 Å². The zero-order valence-electron chi connectivity index (χ0n) is 12.7. The summed E-state index contributed by atoms with van der Waals surface area (Å²) in [6, 6.07) is 2.50. The monoisotopic (exact) mass is 348 g/mol. The second-order valence-corrected chi connectivity index (χ2v) is 7.20. The summed E-state index contributed by atoms with van der Waals surface area (Å²) in [5.74, 6) is -0.423. The molecule has 124 valence electrons. The number of rotatable bonds is 7. The highest BCUT2D eigenvalue weighted by molar-refractivity contribution is 7.89. The van der Waals surface area contributed by atoms with E-state index in [1.54, 1.807) is 20.8 Å². The lowest BCUT2D eigenvalue weighted by molar-refractivity contribution is 0.428. The minimum atomic E-state index is -3.92. The van der Waals surface area contributed by atoms with Crippen LogP contribution in [0.5, 0.6) is 5.75 Å². The molecule has 0 saturated carbocycles. The third kappa shape index (κ3) is 3.86. The molecule has 0 radical (unpaired) electrons. The van der Waals surface area contributed by atoms with Gasteiger partial charge in [-0.2, -0.15) is 4.31 Å². The van der Waals surface area contributed by atoms with Crippen LogP contribution in [-0.2, 0) is 21.3 Å². The van der Waals surface area contributed by atoms with Gasteiger partial charge in [-0.1, -0.05) is 20.4 Å². The van der Waals surface area contributed by atoms with Crippen molar-refractivity contribution in [1.82, 2.24) is 4.31 Å². The normalized spacial score (nSPS) is 13.1. The molecule has 0 aliphatic heterocycles. The third-order valence-corrected chi connectivity index (χ3v) is 5.54. The van der Waals surface area contributed by atoms with Crippen LogP contribution in [0.2, 0.25) is 0 Å². The smallest absolute Gasteiger partial charge is 0.259 e. The molecule has 0 spiro atoms. The first-order valence-electron chi connectivity index (χ1n) is 6.55. The number of allylic oxidation sites excluding steroid dienone is 1. The average molecular weight is 348 g/mol. The van der Waals surface area contributed by atoms with Gasteiger partial charge in [0.05, 0.1) is 5.69 Å². The molecule has 0 saturated heterocycles. The molecule has 0 aliphatic carbocycles. The summed E-state index contributed by atoms with van der Waals surface area (Å²) in [4.78, 5) is -0.329. The highest BCUT2D eigenvalue weighted by atomic mass is 32.2. The molecule has 0 bridgehead atoms. The van der Waals surface area contributed by atoms with Gasteiger partial charge in [0, 0.05) is 18.7 Å². The quantitative estimate of drug-likeness (QED) is 0.516. The molecular weight excluding hydrogens is 328 g/mol. The lowest BCUT2D eigenvalue weighted by atomic mass is 10.1. The van der Waals surface area contributed by atoms with Crippen molar-refractivity contribution >= 4 is 32.6 Å². The summed E-state index contributed by atoms with van der Waals surface area (Å²) in [6.07, 6.45) is 0. The number of anilines is 1. The Balaban J connectivity index is 3.62. The number of phenols is 1. The molecule has 22 heavy (non-hydrogen) atoms. The van der Waals surface area contributed by atoms with Crippen LogP contribution in [0.1, 0.15) is 26.3 Å². The maximum absolute atomic E-state index is 12.6. The van der Waals surface area contributed by atoms with E-state index in [0.29, 0.717) is 5.57 Å². The number of hydrogen-bond acceptors (Lipinski definition) is 4. The zero-order chi connectivity index (χ0) is 17.1. The average Bonchev–Trinajstić information content (AvgIpc) is 2.40. The SMILES string of the molecule is C=C(C)c1cc(NS(=O)O)cc(S(=O)(=O)N(CC)CC)c1O. The topological polar surface area (TPSA) is 107 Å². The number of nitrogens with zero attached hydrogens (tertiary/aromatic N) is 1. The van der Waals surface area contributed by atoms with Crippen molar-refractivity contribution in [2.75, 3.05) is 17.8 Å². The summed E-state index contributed by atoms with van der Waals surface area (Å²) in [7, 11) is -3.92. The molecule has 1 aromatic rings. The van der Waals surface area contributed by atoms with Gasteiger partial charge in [0.25, 0.3) is 11.3 Å². The van der Waals surface area contributed by atoms with E-state index >= 15 is 0 Å². The van der Waals surface area contributed by atoms with Gasteiger partial charge < -0.3 is 5.11 Å². The Morgan fingerprint density at radius 2 is 1.91 bits per heavy atom. The van der Waals surface area contributed by atoms with Gasteiger partial charge >= 0.3 is 0 Å². The molecule has 0 fully saturated rings. The van der Waals surface area contributed by atoms with Crippen molar-refractivity contribution in [1.29, 1.82) is 0 Å². The molecule has 0 aliphatic rings. The summed E-state index contributed by atoms with van der Waals surface area (Å²) in [6.45, 7) is 9.13. The van der Waals surface area contributed by atoms with E-state index in [4.69, 9.17) is 4.55 Å². The van der Waals surface area contributed by atoms with Crippen molar-refractivity contribution in [3.8, 4) is 5.75 Å². The van der Waals surface area contributed by atoms with Crippen molar-refractivity contribution in [2.24, 2.45) is 0 Å². The molecule has 1 aromatic carbocycles. The van der Waals surface area contributed by atoms with Gasteiger partial charge in [-0.05, 0) is 24.6 Å². The molecule has 0 amide bonds. The van der Waals surface area contributed by atoms with E-state index in [1.807, 2.05) is 0 Å². The third-order valence-electron chi connectivity index (χ3n) is 3.06. The van der Waals surface area contributed by atoms with Gasteiger partial charge in [-0.3, -0.25) is 9.27 Å². The molecule has 9 heteroatoms. The standard InChI is InChI=1S/C13H20N2O5S2/c1-5-15(6-2)22(19,20)12-8-10(14-21(17)18)7-11(9(3)4)13(12)16/h7-8,14,16H,3,5-6H2,1-2,4H3,(H,17,18). The molecule has 7 nitrogen and oxygen atoms in total. The second-order valence-electron chi connectivity index (χ2n) is 4.59. The van der Waals surface area contributed by atoms with E-state index in [1.165, 1.54) is 10.4 Å². The number of benzene rings is 1. The predicted molar refractivity (Wildman–Crippen MR) is 87.3 cm³/mol. The largest absolute Gasteiger partial charge is 0.506 e. The number of phenolic OH excluding ortho intramolecular Hbond substituents is 1. The molecule has 1 unspecified atom stereocenters. The maximum atomic E-state index is 12.6. The van der Waals surface area contributed by atoms with Crippen LogP contribution in [0.25, 0.3) is 5.57 Å². The van der Waals surface area contributed by atoms with Gasteiger partial charge in [0.2, 0.25) is 10.0 Å². The molecule has 1 atom stereocenters. The lowest BCUT2D eigenvalue weighted by Gasteiger charge is -2.21. The lowest BCUT2D eigenvalue weighted by Crippen LogP contribution is -2.30. The number of hydrogen-bond donors (Lipinski definition) is 3. The van der Waals surface area contributed by atoms with E-state index in [-0.39, 0.29) is 29.2 Å². The van der Waals surface area contributed by atoms with Crippen molar-refractivity contribution in [2.45, 2.75) is 25.7 Å². The summed E-state index contributed by atoms with van der Waals surface area (Å²) in [5.41, 5.74) is 0.726. The van der Waals surface area contributed by atoms with Crippen LogP contribution in [-0.4, -0.2) is 39.7 Å². The molecule has 3 N–H and O–H groups in total. The Morgan fingerprint density at radius 1 is 1.36 bits per heavy atom. The summed E-state index contributed by atoms with van der Waals surface area (Å²) < 4.78 is 48.4. The maximum Gasteiger partial charge on any atom is 0.259 e. The molecule has 0 heterocycles. The summed E-state index contributed by atoms with van der Waals surface area (Å²) >= 11 is -2.36. The highest BCUT2D eigenvalue weighted by Crippen LogP contribution is 2.36. The Labute approximate surface area is 133 Å². The minimum absolute atomic E-state index is 0.0994. The van der Waals surface area contributed by atoms with Crippen LogP contribution in [0.3, 0.4) is 0 Å².